The Morgan fingerprint density at radius 3 is 2.48 bits per heavy atom. The molecular weight excluding hydrogens is 372 g/mol. The Bertz CT molecular complexity index is 935. The number of hydrogen-bond donors (Lipinski definition) is 1. The molecule has 8 heteroatoms. The van der Waals surface area contributed by atoms with E-state index in [2.05, 4.69) is 15.5 Å². The number of anilines is 1. The van der Waals surface area contributed by atoms with Crippen molar-refractivity contribution in [2.75, 3.05) is 18.2 Å². The molecule has 0 spiro atoms. The molecule has 138 valence electrons. The Labute approximate surface area is 158 Å². The van der Waals surface area contributed by atoms with E-state index in [0.717, 1.165) is 29.1 Å². The van der Waals surface area contributed by atoms with Crippen molar-refractivity contribution in [3.8, 4) is 17.0 Å². The fourth-order valence-electron chi connectivity index (χ4n) is 2.23. The number of amides is 1. The molecule has 1 amide bonds. The van der Waals surface area contributed by atoms with Crippen molar-refractivity contribution in [2.24, 2.45) is 0 Å². The van der Waals surface area contributed by atoms with Crippen molar-refractivity contribution in [3.05, 3.63) is 66.2 Å². The molecule has 0 aliphatic heterocycles. The van der Waals surface area contributed by atoms with Crippen LogP contribution < -0.4 is 10.1 Å². The minimum absolute atomic E-state index is 0.0212. The summed E-state index contributed by atoms with van der Waals surface area (Å²) >= 11 is 1.16. The summed E-state index contributed by atoms with van der Waals surface area (Å²) in [7, 11) is 1.60. The van der Waals surface area contributed by atoms with E-state index >= 15 is 0 Å². The first kappa shape index (κ1) is 18.8. The molecule has 0 fully saturated rings. The standard InChI is InChI=1S/C19H15F2N3O2S/c1-26-14-5-2-12(3-6-14)16-8-9-19(24-23-16)27-11-18(25)22-17-7-4-13(20)10-15(17)21/h2-10H,11H2,1H3,(H,22,25). The van der Waals surface area contributed by atoms with Crippen LogP contribution in [0, 0.1) is 11.6 Å². The Hall–Kier alpha value is -3.00. The molecule has 0 saturated heterocycles. The van der Waals surface area contributed by atoms with Crippen molar-refractivity contribution < 1.29 is 18.3 Å². The number of carbonyl (C=O) groups excluding carboxylic acids is 1. The highest BCUT2D eigenvalue weighted by Gasteiger charge is 2.09. The predicted octanol–water partition coefficient (Wildman–Crippen LogP) is 4.16. The lowest BCUT2D eigenvalue weighted by atomic mass is 10.1. The lowest BCUT2D eigenvalue weighted by Crippen LogP contribution is -2.15. The molecule has 3 aromatic rings. The molecule has 0 saturated carbocycles. The van der Waals surface area contributed by atoms with Crippen molar-refractivity contribution in [1.29, 1.82) is 0 Å². The van der Waals surface area contributed by atoms with Gasteiger partial charge in [-0.15, -0.1) is 10.2 Å². The monoisotopic (exact) mass is 387 g/mol. The first-order valence-electron chi connectivity index (χ1n) is 7.91. The second-order valence-corrected chi connectivity index (χ2v) is 6.44. The number of methoxy groups -OCH3 is 1. The Morgan fingerprint density at radius 1 is 1.07 bits per heavy atom. The highest BCUT2D eigenvalue weighted by Crippen LogP contribution is 2.22. The van der Waals surface area contributed by atoms with Crippen LogP contribution in [-0.4, -0.2) is 29.0 Å². The first-order chi connectivity index (χ1) is 13.0. The van der Waals surface area contributed by atoms with Crippen LogP contribution in [0.4, 0.5) is 14.5 Å². The number of hydrogen-bond acceptors (Lipinski definition) is 5. The number of rotatable bonds is 6. The normalized spacial score (nSPS) is 10.5. The summed E-state index contributed by atoms with van der Waals surface area (Å²) in [5.74, 6) is -1.17. The number of benzene rings is 2. The lowest BCUT2D eigenvalue weighted by molar-refractivity contribution is -0.113. The highest BCUT2D eigenvalue weighted by atomic mass is 32.2. The quantitative estimate of drug-likeness (QED) is 0.644. The van der Waals surface area contributed by atoms with Gasteiger partial charge in [0.25, 0.3) is 0 Å². The summed E-state index contributed by atoms with van der Waals surface area (Å²) in [5.41, 5.74) is 1.52. The summed E-state index contributed by atoms with van der Waals surface area (Å²) in [6.07, 6.45) is 0. The molecule has 1 aromatic heterocycles. The molecule has 5 nitrogen and oxygen atoms in total. The molecule has 3 rings (SSSR count). The van der Waals surface area contributed by atoms with Crippen LogP contribution in [0.15, 0.2) is 59.6 Å². The minimum Gasteiger partial charge on any atom is -0.497 e. The summed E-state index contributed by atoms with van der Waals surface area (Å²) in [4.78, 5) is 11.9. The van der Waals surface area contributed by atoms with Crippen LogP contribution >= 0.6 is 11.8 Å². The van der Waals surface area contributed by atoms with Crippen molar-refractivity contribution in [3.63, 3.8) is 0 Å². The molecule has 0 unspecified atom stereocenters. The number of nitrogens with zero attached hydrogens (tertiary/aromatic N) is 2. The number of ether oxygens (including phenoxy) is 1. The average molecular weight is 387 g/mol. The molecule has 0 radical (unpaired) electrons. The third kappa shape index (κ3) is 5.01. The summed E-state index contributed by atoms with van der Waals surface area (Å²) in [6, 6.07) is 13.9. The molecule has 0 aliphatic rings. The molecule has 1 N–H and O–H groups in total. The van der Waals surface area contributed by atoms with Gasteiger partial charge in [-0.3, -0.25) is 4.79 Å². The topological polar surface area (TPSA) is 64.1 Å². The third-order valence-corrected chi connectivity index (χ3v) is 4.50. The SMILES string of the molecule is COc1ccc(-c2ccc(SCC(=O)Nc3ccc(F)cc3F)nn2)cc1. The number of thioether (sulfide) groups is 1. The number of halogens is 2. The zero-order valence-corrected chi connectivity index (χ0v) is 15.1. The fourth-order valence-corrected chi connectivity index (χ4v) is 2.84. The van der Waals surface area contributed by atoms with Crippen molar-refractivity contribution in [2.45, 2.75) is 5.03 Å². The fraction of sp³-hybridized carbons (Fsp3) is 0.105. The van der Waals surface area contributed by atoms with Gasteiger partial charge >= 0.3 is 0 Å². The highest BCUT2D eigenvalue weighted by molar-refractivity contribution is 7.99. The van der Waals surface area contributed by atoms with Gasteiger partial charge in [-0.25, -0.2) is 8.78 Å². The van der Waals surface area contributed by atoms with Crippen LogP contribution in [0.2, 0.25) is 0 Å². The average Bonchev–Trinajstić information content (AvgIpc) is 2.69. The zero-order valence-electron chi connectivity index (χ0n) is 14.3. The van der Waals surface area contributed by atoms with Crippen LogP contribution in [-0.2, 0) is 4.79 Å². The van der Waals surface area contributed by atoms with E-state index in [-0.39, 0.29) is 11.4 Å². The van der Waals surface area contributed by atoms with Crippen molar-refractivity contribution in [1.82, 2.24) is 10.2 Å². The van der Waals surface area contributed by atoms with E-state index in [1.165, 1.54) is 6.07 Å². The van der Waals surface area contributed by atoms with E-state index in [1.807, 2.05) is 24.3 Å². The van der Waals surface area contributed by atoms with Gasteiger partial charge in [0.05, 0.1) is 24.2 Å². The third-order valence-electron chi connectivity index (χ3n) is 3.58. The van der Waals surface area contributed by atoms with E-state index in [4.69, 9.17) is 4.74 Å². The van der Waals surface area contributed by atoms with Gasteiger partial charge < -0.3 is 10.1 Å². The molecule has 27 heavy (non-hydrogen) atoms. The maximum Gasteiger partial charge on any atom is 0.234 e. The molecule has 1 heterocycles. The molecule has 0 aliphatic carbocycles. The lowest BCUT2D eigenvalue weighted by Gasteiger charge is -2.06. The second-order valence-electron chi connectivity index (χ2n) is 5.45. The van der Waals surface area contributed by atoms with Crippen LogP contribution in [0.5, 0.6) is 5.75 Å². The van der Waals surface area contributed by atoms with Gasteiger partial charge in [-0.2, -0.15) is 0 Å². The summed E-state index contributed by atoms with van der Waals surface area (Å²) in [5, 5.41) is 11.2. The van der Waals surface area contributed by atoms with E-state index < -0.39 is 17.5 Å². The van der Waals surface area contributed by atoms with Crippen LogP contribution in [0.25, 0.3) is 11.3 Å². The van der Waals surface area contributed by atoms with Gasteiger partial charge in [0.2, 0.25) is 5.91 Å². The Morgan fingerprint density at radius 2 is 1.85 bits per heavy atom. The maximum atomic E-state index is 13.5. The number of carbonyl (C=O) groups is 1. The first-order valence-corrected chi connectivity index (χ1v) is 8.89. The predicted molar refractivity (Wildman–Crippen MR) is 99.7 cm³/mol. The largest absolute Gasteiger partial charge is 0.497 e. The van der Waals surface area contributed by atoms with Gasteiger partial charge in [-0.05, 0) is 48.5 Å². The Kier molecular flexibility index (Phi) is 5.97. The summed E-state index contributed by atoms with van der Waals surface area (Å²) < 4.78 is 31.5. The molecular formula is C19H15F2N3O2S. The number of nitrogens with one attached hydrogen (secondary N) is 1. The van der Waals surface area contributed by atoms with Crippen LogP contribution in [0.3, 0.4) is 0 Å². The van der Waals surface area contributed by atoms with E-state index in [9.17, 15) is 13.6 Å². The van der Waals surface area contributed by atoms with E-state index in [0.29, 0.717) is 16.8 Å². The molecule has 2 aromatic carbocycles. The van der Waals surface area contributed by atoms with E-state index in [1.54, 1.807) is 19.2 Å². The van der Waals surface area contributed by atoms with Gasteiger partial charge in [0.1, 0.15) is 22.4 Å². The summed E-state index contributed by atoms with van der Waals surface area (Å²) in [6.45, 7) is 0. The van der Waals surface area contributed by atoms with Gasteiger partial charge in [0.15, 0.2) is 0 Å². The smallest absolute Gasteiger partial charge is 0.234 e. The second kappa shape index (κ2) is 8.59. The zero-order chi connectivity index (χ0) is 19.2. The number of aromatic nitrogens is 2. The van der Waals surface area contributed by atoms with Crippen molar-refractivity contribution >= 4 is 23.4 Å². The van der Waals surface area contributed by atoms with Crippen LogP contribution in [0.1, 0.15) is 0 Å². The maximum absolute atomic E-state index is 13.5. The van der Waals surface area contributed by atoms with Gasteiger partial charge in [-0.1, -0.05) is 11.8 Å². The van der Waals surface area contributed by atoms with Gasteiger partial charge in [0, 0.05) is 11.6 Å². The minimum atomic E-state index is -0.822. The Balaban J connectivity index is 1.57. The molecule has 0 atom stereocenters. The molecule has 0 bridgehead atoms.